The molecule has 3 aromatic rings. The number of aryl methyl sites for hydroxylation is 1. The minimum atomic E-state index is -4.87. The summed E-state index contributed by atoms with van der Waals surface area (Å²) < 4.78 is 60.1. The van der Waals surface area contributed by atoms with E-state index in [9.17, 15) is 27.2 Å². The fourth-order valence-corrected chi connectivity index (χ4v) is 3.83. The average Bonchev–Trinajstić information content (AvgIpc) is 3.24. The van der Waals surface area contributed by atoms with E-state index in [0.29, 0.717) is 23.3 Å². The summed E-state index contributed by atoms with van der Waals surface area (Å²) in [6, 6.07) is 9.64. The fraction of sp³-hybridized carbons (Fsp3) is 0.261. The largest absolute Gasteiger partial charge is 0.462 e. The van der Waals surface area contributed by atoms with Crippen molar-refractivity contribution in [3.05, 3.63) is 76.9 Å². The van der Waals surface area contributed by atoms with Gasteiger partial charge in [0.1, 0.15) is 11.4 Å². The Kier molecular flexibility index (Phi) is 5.92. The van der Waals surface area contributed by atoms with Crippen LogP contribution in [0.4, 0.5) is 23.2 Å². The van der Waals surface area contributed by atoms with Gasteiger partial charge in [0.05, 0.1) is 24.2 Å². The van der Waals surface area contributed by atoms with E-state index in [2.05, 4.69) is 5.10 Å². The Morgan fingerprint density at radius 1 is 1.12 bits per heavy atom. The van der Waals surface area contributed by atoms with Gasteiger partial charge in [0, 0.05) is 12.1 Å². The second-order valence-electron chi connectivity index (χ2n) is 7.42. The average molecular weight is 461 g/mol. The number of aromatic nitrogens is 2. The van der Waals surface area contributed by atoms with Crippen LogP contribution in [-0.2, 0) is 17.3 Å². The maximum Gasteiger partial charge on any atom is 0.434 e. The number of anilines is 1. The molecule has 1 aliphatic heterocycles. The highest BCUT2D eigenvalue weighted by Crippen LogP contribution is 2.34. The Morgan fingerprint density at radius 2 is 1.85 bits per heavy atom. The molecule has 10 heteroatoms. The molecule has 0 saturated heterocycles. The molecule has 0 N–H and O–H groups in total. The predicted octanol–water partition coefficient (Wildman–Crippen LogP) is 4.80. The molecular weight excluding hydrogens is 442 g/mol. The van der Waals surface area contributed by atoms with Crippen LogP contribution in [0.3, 0.4) is 0 Å². The van der Waals surface area contributed by atoms with Crippen molar-refractivity contribution in [1.82, 2.24) is 9.78 Å². The number of hydrogen-bond acceptors (Lipinski definition) is 4. The highest BCUT2D eigenvalue weighted by Gasteiger charge is 2.41. The van der Waals surface area contributed by atoms with Crippen LogP contribution in [0.5, 0.6) is 0 Å². The van der Waals surface area contributed by atoms with E-state index in [1.165, 1.54) is 48.2 Å². The first-order valence-corrected chi connectivity index (χ1v) is 10.2. The number of esters is 1. The summed E-state index contributed by atoms with van der Waals surface area (Å²) in [5.41, 5.74) is -0.384. The van der Waals surface area contributed by atoms with Crippen LogP contribution in [0, 0.1) is 5.82 Å². The molecule has 1 amide bonds. The molecule has 1 aromatic heterocycles. The molecule has 2 heterocycles. The van der Waals surface area contributed by atoms with Gasteiger partial charge < -0.3 is 9.64 Å². The number of halogens is 4. The third-order valence-electron chi connectivity index (χ3n) is 5.30. The van der Waals surface area contributed by atoms with E-state index in [1.54, 1.807) is 6.07 Å². The van der Waals surface area contributed by atoms with Gasteiger partial charge in [-0.05, 0) is 61.7 Å². The normalized spacial score (nSPS) is 13.5. The van der Waals surface area contributed by atoms with Gasteiger partial charge >= 0.3 is 12.1 Å². The summed E-state index contributed by atoms with van der Waals surface area (Å²) in [4.78, 5) is 26.5. The van der Waals surface area contributed by atoms with Crippen LogP contribution in [0.1, 0.15) is 45.3 Å². The van der Waals surface area contributed by atoms with Gasteiger partial charge in [-0.1, -0.05) is 6.07 Å². The minimum absolute atomic E-state index is 0.0134. The zero-order valence-corrected chi connectivity index (χ0v) is 17.5. The number of hydrogen-bond donors (Lipinski definition) is 0. The molecule has 0 bridgehead atoms. The first-order chi connectivity index (χ1) is 15.7. The summed E-state index contributed by atoms with van der Waals surface area (Å²) in [5.74, 6) is -1.98. The van der Waals surface area contributed by atoms with Gasteiger partial charge in [0.2, 0.25) is 0 Å². The number of benzene rings is 2. The lowest BCUT2D eigenvalue weighted by molar-refractivity contribution is -0.143. The Labute approximate surface area is 186 Å². The number of alkyl halides is 3. The van der Waals surface area contributed by atoms with Gasteiger partial charge in [0.15, 0.2) is 5.69 Å². The molecule has 6 nitrogen and oxygen atoms in total. The summed E-state index contributed by atoms with van der Waals surface area (Å²) in [6.07, 6.45) is -2.63. The maximum absolute atomic E-state index is 13.7. The molecule has 1 aliphatic rings. The second-order valence-corrected chi connectivity index (χ2v) is 7.42. The van der Waals surface area contributed by atoms with E-state index in [1.807, 2.05) is 0 Å². The zero-order chi connectivity index (χ0) is 23.8. The Morgan fingerprint density at radius 3 is 2.52 bits per heavy atom. The number of amides is 1. The van der Waals surface area contributed by atoms with Crippen molar-refractivity contribution in [1.29, 1.82) is 0 Å². The zero-order valence-electron chi connectivity index (χ0n) is 17.5. The van der Waals surface area contributed by atoms with Crippen molar-refractivity contribution in [3.63, 3.8) is 0 Å². The van der Waals surface area contributed by atoms with E-state index in [0.717, 1.165) is 18.2 Å². The molecule has 0 saturated carbocycles. The molecule has 4 rings (SSSR count). The van der Waals surface area contributed by atoms with Crippen LogP contribution < -0.4 is 4.90 Å². The Hall–Kier alpha value is -3.69. The molecule has 0 aliphatic carbocycles. The fourth-order valence-electron chi connectivity index (χ4n) is 3.83. The molecule has 2 aromatic carbocycles. The van der Waals surface area contributed by atoms with Crippen molar-refractivity contribution in [2.24, 2.45) is 0 Å². The van der Waals surface area contributed by atoms with E-state index >= 15 is 0 Å². The van der Waals surface area contributed by atoms with Crippen LogP contribution in [0.2, 0.25) is 0 Å². The standard InChI is InChI=1S/C23H19F4N3O3/c1-2-33-22(32)18-13-28-30(20(18)23(25,26)27)17-9-6-15(7-10-17)21(31)29-11-3-4-14-5-8-16(24)12-19(14)29/h5-10,12-13H,2-4,11H2,1H3. The lowest BCUT2D eigenvalue weighted by Gasteiger charge is -2.29. The molecule has 0 fully saturated rings. The van der Waals surface area contributed by atoms with Crippen molar-refractivity contribution < 1.29 is 31.9 Å². The molecule has 172 valence electrons. The highest BCUT2D eigenvalue weighted by molar-refractivity contribution is 6.06. The van der Waals surface area contributed by atoms with Crippen molar-refractivity contribution in [3.8, 4) is 5.69 Å². The number of carbonyl (C=O) groups excluding carboxylic acids is 2. The van der Waals surface area contributed by atoms with Crippen molar-refractivity contribution in [2.45, 2.75) is 25.9 Å². The molecular formula is C23H19F4N3O3. The topological polar surface area (TPSA) is 64.4 Å². The summed E-state index contributed by atoms with van der Waals surface area (Å²) in [6.45, 7) is 1.80. The summed E-state index contributed by atoms with van der Waals surface area (Å²) in [7, 11) is 0. The summed E-state index contributed by atoms with van der Waals surface area (Å²) >= 11 is 0. The van der Waals surface area contributed by atoms with E-state index in [4.69, 9.17) is 4.74 Å². The summed E-state index contributed by atoms with van der Waals surface area (Å²) in [5, 5.41) is 3.72. The monoisotopic (exact) mass is 461 g/mol. The van der Waals surface area contributed by atoms with Crippen LogP contribution in [-0.4, -0.2) is 34.8 Å². The third kappa shape index (κ3) is 4.33. The lowest BCUT2D eigenvalue weighted by Crippen LogP contribution is -2.35. The first kappa shape index (κ1) is 22.5. The third-order valence-corrected chi connectivity index (χ3v) is 5.30. The predicted molar refractivity (Wildman–Crippen MR) is 111 cm³/mol. The number of carbonyl (C=O) groups is 2. The molecule has 0 atom stereocenters. The number of ether oxygens (including phenoxy) is 1. The Balaban J connectivity index is 1.66. The number of nitrogens with zero attached hydrogens (tertiary/aromatic N) is 3. The van der Waals surface area contributed by atoms with Crippen molar-refractivity contribution >= 4 is 17.6 Å². The smallest absolute Gasteiger partial charge is 0.434 e. The van der Waals surface area contributed by atoms with Gasteiger partial charge in [-0.15, -0.1) is 0 Å². The van der Waals surface area contributed by atoms with Gasteiger partial charge in [-0.2, -0.15) is 18.3 Å². The molecule has 0 unspecified atom stereocenters. The second kappa shape index (κ2) is 8.68. The lowest BCUT2D eigenvalue weighted by atomic mass is 10.0. The van der Waals surface area contributed by atoms with Crippen LogP contribution >= 0.6 is 0 Å². The molecule has 33 heavy (non-hydrogen) atoms. The van der Waals surface area contributed by atoms with Crippen LogP contribution in [0.25, 0.3) is 5.69 Å². The quantitative estimate of drug-likeness (QED) is 0.414. The van der Waals surface area contributed by atoms with E-state index < -0.39 is 35.1 Å². The molecule has 0 radical (unpaired) electrons. The van der Waals surface area contributed by atoms with E-state index in [-0.39, 0.29) is 17.9 Å². The highest BCUT2D eigenvalue weighted by atomic mass is 19.4. The number of fused-ring (bicyclic) bond motifs is 1. The SMILES string of the molecule is CCOC(=O)c1cnn(-c2ccc(C(=O)N3CCCc4ccc(F)cc43)cc2)c1C(F)(F)F. The number of rotatable bonds is 4. The minimum Gasteiger partial charge on any atom is -0.462 e. The van der Waals surface area contributed by atoms with Crippen LogP contribution in [0.15, 0.2) is 48.7 Å². The first-order valence-electron chi connectivity index (χ1n) is 10.2. The van der Waals surface area contributed by atoms with Gasteiger partial charge in [0.25, 0.3) is 5.91 Å². The van der Waals surface area contributed by atoms with Crippen molar-refractivity contribution in [2.75, 3.05) is 18.1 Å². The molecule has 0 spiro atoms. The van der Waals surface area contributed by atoms with Gasteiger partial charge in [-0.25, -0.2) is 13.9 Å². The van der Waals surface area contributed by atoms with Gasteiger partial charge in [-0.3, -0.25) is 4.79 Å². The Bertz CT molecular complexity index is 1200. The maximum atomic E-state index is 13.7.